The predicted molar refractivity (Wildman–Crippen MR) is 111 cm³/mol. The van der Waals surface area contributed by atoms with Gasteiger partial charge in [0.15, 0.2) is 0 Å². The van der Waals surface area contributed by atoms with Gasteiger partial charge < -0.3 is 24.8 Å². The molecule has 162 valence electrons. The number of aliphatic hydroxyl groups is 1. The van der Waals surface area contributed by atoms with Gasteiger partial charge in [-0.25, -0.2) is 0 Å². The van der Waals surface area contributed by atoms with Crippen LogP contribution in [0.4, 0.5) is 0 Å². The van der Waals surface area contributed by atoms with Crippen LogP contribution < -0.4 is 5.32 Å². The summed E-state index contributed by atoms with van der Waals surface area (Å²) in [5.41, 5.74) is 2.50. The highest BCUT2D eigenvalue weighted by atomic mass is 16.5. The summed E-state index contributed by atoms with van der Waals surface area (Å²) in [6.07, 6.45) is 5.24. The van der Waals surface area contributed by atoms with E-state index in [4.69, 9.17) is 9.47 Å². The molecule has 7 nitrogen and oxygen atoms in total. The highest BCUT2D eigenvalue weighted by Crippen LogP contribution is 2.22. The number of rotatable bonds is 5. The predicted octanol–water partition coefficient (Wildman–Crippen LogP) is 1.19. The van der Waals surface area contributed by atoms with Crippen molar-refractivity contribution in [1.29, 1.82) is 0 Å². The minimum absolute atomic E-state index is 0.0310. The van der Waals surface area contributed by atoms with Crippen LogP contribution in [0.3, 0.4) is 0 Å². The summed E-state index contributed by atoms with van der Waals surface area (Å²) in [7, 11) is 0. The number of hydrogen-bond donors (Lipinski definition) is 2. The number of ether oxygens (including phenoxy) is 2. The zero-order valence-corrected chi connectivity index (χ0v) is 17.2. The van der Waals surface area contributed by atoms with Crippen LogP contribution in [0.2, 0.25) is 0 Å². The van der Waals surface area contributed by atoms with Gasteiger partial charge in [-0.2, -0.15) is 0 Å². The van der Waals surface area contributed by atoms with Crippen LogP contribution in [-0.4, -0.2) is 66.4 Å². The molecular weight excluding hydrogens is 384 g/mol. The van der Waals surface area contributed by atoms with Gasteiger partial charge in [0.25, 0.3) is 0 Å². The Morgan fingerprint density at radius 3 is 2.67 bits per heavy atom. The van der Waals surface area contributed by atoms with E-state index in [1.807, 2.05) is 29.2 Å². The van der Waals surface area contributed by atoms with E-state index in [9.17, 15) is 14.7 Å². The van der Waals surface area contributed by atoms with Gasteiger partial charge in [0.05, 0.1) is 25.2 Å². The van der Waals surface area contributed by atoms with Gasteiger partial charge in [-0.1, -0.05) is 36.4 Å². The van der Waals surface area contributed by atoms with Crippen molar-refractivity contribution in [2.45, 2.75) is 50.5 Å². The molecule has 1 saturated heterocycles. The van der Waals surface area contributed by atoms with Crippen LogP contribution in [0.25, 0.3) is 0 Å². The molecule has 0 aliphatic carbocycles. The molecule has 1 fully saturated rings. The first-order chi connectivity index (χ1) is 14.6. The van der Waals surface area contributed by atoms with Crippen LogP contribution in [0, 0.1) is 5.92 Å². The second-order valence-electron chi connectivity index (χ2n) is 8.24. The van der Waals surface area contributed by atoms with Crippen molar-refractivity contribution >= 4 is 11.8 Å². The monoisotopic (exact) mass is 414 g/mol. The largest absolute Gasteiger partial charge is 0.394 e. The Balaban J connectivity index is 1.32. The molecule has 4 rings (SSSR count). The topological polar surface area (TPSA) is 88.1 Å². The van der Waals surface area contributed by atoms with E-state index in [1.54, 1.807) is 0 Å². The second-order valence-corrected chi connectivity index (χ2v) is 8.24. The average Bonchev–Trinajstić information content (AvgIpc) is 2.80. The summed E-state index contributed by atoms with van der Waals surface area (Å²) in [5, 5.41) is 12.7. The summed E-state index contributed by atoms with van der Waals surface area (Å²) in [4.78, 5) is 27.2. The lowest BCUT2D eigenvalue weighted by Gasteiger charge is -2.34. The fraction of sp³-hybridized carbons (Fsp3) is 0.565. The Morgan fingerprint density at radius 2 is 1.90 bits per heavy atom. The highest BCUT2D eigenvalue weighted by molar-refractivity contribution is 5.79. The summed E-state index contributed by atoms with van der Waals surface area (Å²) in [5.74, 6) is -0.0511. The molecule has 2 N–H and O–H groups in total. The standard InChI is InChI=1S/C23H30N2O5/c26-15-21-20(24-23(28)17-8-11-29-12-9-17)6-5-19(30-21)13-22(27)25-10-7-16-3-1-2-4-18(16)14-25/h1-6,17,19-21,26H,7-15H2,(H,24,28)/t19-,20+,21-/m0/s1. The van der Waals surface area contributed by atoms with Gasteiger partial charge >= 0.3 is 0 Å². The van der Waals surface area contributed by atoms with E-state index in [1.165, 1.54) is 11.1 Å². The van der Waals surface area contributed by atoms with Crippen molar-refractivity contribution in [1.82, 2.24) is 10.2 Å². The first-order valence-corrected chi connectivity index (χ1v) is 10.8. The average molecular weight is 415 g/mol. The van der Waals surface area contributed by atoms with E-state index in [0.717, 1.165) is 6.42 Å². The quantitative estimate of drug-likeness (QED) is 0.707. The lowest BCUT2D eigenvalue weighted by Crippen LogP contribution is -2.51. The van der Waals surface area contributed by atoms with Crippen LogP contribution in [-0.2, 0) is 32.0 Å². The first kappa shape index (κ1) is 21.0. The number of fused-ring (bicyclic) bond motifs is 1. The molecule has 2 amide bonds. The van der Waals surface area contributed by atoms with E-state index in [0.29, 0.717) is 39.1 Å². The fourth-order valence-electron chi connectivity index (χ4n) is 4.39. The van der Waals surface area contributed by atoms with Gasteiger partial charge in [0, 0.05) is 32.2 Å². The molecule has 0 saturated carbocycles. The minimum atomic E-state index is -0.557. The number of aliphatic hydroxyl groups excluding tert-OH is 1. The molecule has 7 heteroatoms. The van der Waals surface area contributed by atoms with Crippen molar-refractivity contribution in [3.05, 3.63) is 47.5 Å². The lowest BCUT2D eigenvalue weighted by molar-refractivity contribution is -0.138. The Kier molecular flexibility index (Phi) is 6.82. The van der Waals surface area contributed by atoms with Gasteiger partial charge in [0.2, 0.25) is 11.8 Å². The van der Waals surface area contributed by atoms with Crippen molar-refractivity contribution in [2.75, 3.05) is 26.4 Å². The Morgan fingerprint density at radius 1 is 1.13 bits per heavy atom. The molecule has 3 aliphatic heterocycles. The molecule has 3 aliphatic rings. The second kappa shape index (κ2) is 9.73. The number of carbonyl (C=O) groups is 2. The number of hydrogen-bond acceptors (Lipinski definition) is 5. The molecule has 0 unspecified atom stereocenters. The molecule has 30 heavy (non-hydrogen) atoms. The van der Waals surface area contributed by atoms with Crippen LogP contribution in [0.15, 0.2) is 36.4 Å². The van der Waals surface area contributed by atoms with Crippen LogP contribution in [0.1, 0.15) is 30.4 Å². The Hall–Kier alpha value is -2.22. The van der Waals surface area contributed by atoms with Crippen molar-refractivity contribution in [3.63, 3.8) is 0 Å². The number of nitrogens with zero attached hydrogens (tertiary/aromatic N) is 1. The van der Waals surface area contributed by atoms with Gasteiger partial charge in [-0.15, -0.1) is 0 Å². The third kappa shape index (κ3) is 4.91. The first-order valence-electron chi connectivity index (χ1n) is 10.8. The number of nitrogens with one attached hydrogen (secondary N) is 1. The number of benzene rings is 1. The van der Waals surface area contributed by atoms with E-state index >= 15 is 0 Å². The molecular formula is C23H30N2O5. The molecule has 3 heterocycles. The zero-order valence-electron chi connectivity index (χ0n) is 17.2. The summed E-state index contributed by atoms with van der Waals surface area (Å²) in [6.45, 7) is 2.32. The lowest BCUT2D eigenvalue weighted by atomic mass is 9.97. The van der Waals surface area contributed by atoms with Gasteiger partial charge in [0.1, 0.15) is 6.10 Å². The molecule has 0 bridgehead atoms. The van der Waals surface area contributed by atoms with Crippen LogP contribution >= 0.6 is 0 Å². The maximum atomic E-state index is 12.8. The normalized spacial score (nSPS) is 26.8. The SMILES string of the molecule is O=C(N[C@@H]1C=C[C@@H](CC(=O)N2CCc3ccccc3C2)O[C@H]1CO)C1CCOCC1. The number of amides is 2. The fourth-order valence-corrected chi connectivity index (χ4v) is 4.39. The molecule has 0 spiro atoms. The smallest absolute Gasteiger partial charge is 0.225 e. The van der Waals surface area contributed by atoms with Crippen molar-refractivity contribution in [3.8, 4) is 0 Å². The van der Waals surface area contributed by atoms with Crippen molar-refractivity contribution < 1.29 is 24.2 Å². The third-order valence-electron chi connectivity index (χ3n) is 6.22. The van der Waals surface area contributed by atoms with Gasteiger partial charge in [-0.3, -0.25) is 9.59 Å². The number of carbonyl (C=O) groups excluding carboxylic acids is 2. The molecule has 0 radical (unpaired) electrons. The Bertz CT molecular complexity index is 790. The van der Waals surface area contributed by atoms with Gasteiger partial charge in [-0.05, 0) is 30.4 Å². The molecule has 3 atom stereocenters. The molecule has 1 aromatic carbocycles. The van der Waals surface area contributed by atoms with E-state index in [-0.39, 0.29) is 30.8 Å². The summed E-state index contributed by atoms with van der Waals surface area (Å²) in [6, 6.07) is 7.83. The molecule has 1 aromatic rings. The van der Waals surface area contributed by atoms with Crippen LogP contribution in [0.5, 0.6) is 0 Å². The molecule has 0 aromatic heterocycles. The third-order valence-corrected chi connectivity index (χ3v) is 6.22. The maximum Gasteiger partial charge on any atom is 0.225 e. The maximum absolute atomic E-state index is 12.8. The van der Waals surface area contributed by atoms with Crippen molar-refractivity contribution in [2.24, 2.45) is 5.92 Å². The highest BCUT2D eigenvalue weighted by Gasteiger charge is 2.32. The minimum Gasteiger partial charge on any atom is -0.394 e. The summed E-state index contributed by atoms with van der Waals surface area (Å²) >= 11 is 0. The van der Waals surface area contributed by atoms with E-state index in [2.05, 4.69) is 17.4 Å². The summed E-state index contributed by atoms with van der Waals surface area (Å²) < 4.78 is 11.3. The Labute approximate surface area is 177 Å². The van der Waals surface area contributed by atoms with E-state index < -0.39 is 18.2 Å². The zero-order chi connectivity index (χ0) is 20.9.